The zero-order chi connectivity index (χ0) is 17.4. The van der Waals surface area contributed by atoms with Crippen LogP contribution in [0, 0.1) is 0 Å². The van der Waals surface area contributed by atoms with E-state index in [0.717, 1.165) is 22.0 Å². The minimum atomic E-state index is 0.0938. The summed E-state index contributed by atoms with van der Waals surface area (Å²) in [6.07, 6.45) is 4.39. The maximum absolute atomic E-state index is 9.26. The summed E-state index contributed by atoms with van der Waals surface area (Å²) in [5.41, 5.74) is 2.05. The van der Waals surface area contributed by atoms with Crippen LogP contribution in [0.3, 0.4) is 0 Å². The zero-order valence-corrected chi connectivity index (χ0v) is 15.5. The molecule has 0 aliphatic heterocycles. The van der Waals surface area contributed by atoms with Crippen molar-refractivity contribution >= 4 is 15.9 Å². The number of benzene rings is 1. The number of ether oxygens (including phenoxy) is 2. The van der Waals surface area contributed by atoms with Crippen LogP contribution >= 0.6 is 15.9 Å². The molecule has 2 N–H and O–H groups in total. The van der Waals surface area contributed by atoms with Crippen molar-refractivity contribution in [2.45, 2.75) is 32.5 Å². The molecule has 130 valence electrons. The molecule has 0 saturated carbocycles. The Hall–Kier alpha value is -1.63. The highest BCUT2D eigenvalue weighted by atomic mass is 79.9. The summed E-state index contributed by atoms with van der Waals surface area (Å²) in [6, 6.07) is 7.88. The molecule has 2 aromatic rings. The lowest BCUT2D eigenvalue weighted by molar-refractivity contribution is 0.238. The number of pyridine rings is 1. The molecule has 5 nitrogen and oxygen atoms in total. The number of hydrogen-bond acceptors (Lipinski definition) is 5. The molecule has 0 aliphatic carbocycles. The van der Waals surface area contributed by atoms with Gasteiger partial charge in [0.05, 0.1) is 18.2 Å². The molecule has 1 atom stereocenters. The van der Waals surface area contributed by atoms with E-state index in [1.165, 1.54) is 0 Å². The average Bonchev–Trinajstić information content (AvgIpc) is 2.62. The number of nitrogens with one attached hydrogen (secondary N) is 1. The van der Waals surface area contributed by atoms with Crippen LogP contribution in [0.15, 0.2) is 41.1 Å². The Labute approximate surface area is 151 Å². The number of aliphatic hydroxyl groups excluding tert-OH is 1. The number of halogens is 1. The van der Waals surface area contributed by atoms with Crippen LogP contribution in [0.25, 0.3) is 0 Å². The van der Waals surface area contributed by atoms with Crippen molar-refractivity contribution in [1.29, 1.82) is 0 Å². The molecule has 0 spiro atoms. The van der Waals surface area contributed by atoms with Crippen LogP contribution in [0.5, 0.6) is 11.5 Å². The maximum Gasteiger partial charge on any atom is 0.175 e. The summed E-state index contributed by atoms with van der Waals surface area (Å²) in [4.78, 5) is 4.08. The van der Waals surface area contributed by atoms with Crippen LogP contribution < -0.4 is 14.8 Å². The van der Waals surface area contributed by atoms with Gasteiger partial charge in [-0.25, -0.2) is 0 Å². The lowest BCUT2D eigenvalue weighted by Crippen LogP contribution is -2.31. The predicted octanol–water partition coefficient (Wildman–Crippen LogP) is 3.29. The second-order valence-electron chi connectivity index (χ2n) is 5.43. The Bertz CT molecular complexity index is 634. The lowest BCUT2D eigenvalue weighted by Gasteiger charge is -2.17. The Balaban J connectivity index is 2.09. The van der Waals surface area contributed by atoms with Crippen LogP contribution in [0.1, 0.15) is 24.5 Å². The third-order valence-corrected chi connectivity index (χ3v) is 4.29. The summed E-state index contributed by atoms with van der Waals surface area (Å²) in [5.74, 6) is 1.33. The van der Waals surface area contributed by atoms with Gasteiger partial charge in [0.15, 0.2) is 11.5 Å². The average molecular weight is 395 g/mol. The van der Waals surface area contributed by atoms with Crippen LogP contribution in [-0.4, -0.2) is 29.8 Å². The van der Waals surface area contributed by atoms with Crippen molar-refractivity contribution in [3.63, 3.8) is 0 Å². The summed E-state index contributed by atoms with van der Waals surface area (Å²) < 4.78 is 12.2. The van der Waals surface area contributed by atoms with Crippen molar-refractivity contribution in [3.8, 4) is 11.5 Å². The van der Waals surface area contributed by atoms with E-state index in [0.29, 0.717) is 24.7 Å². The molecule has 0 fully saturated rings. The first-order valence-corrected chi connectivity index (χ1v) is 8.69. The van der Waals surface area contributed by atoms with E-state index in [1.54, 1.807) is 19.5 Å². The summed E-state index contributed by atoms with van der Waals surface area (Å²) in [6.45, 7) is 3.24. The lowest BCUT2D eigenvalue weighted by atomic mass is 10.1. The summed E-state index contributed by atoms with van der Waals surface area (Å²) in [7, 11) is 1.62. The molecule has 0 saturated heterocycles. The van der Waals surface area contributed by atoms with Crippen molar-refractivity contribution < 1.29 is 14.6 Å². The quantitative estimate of drug-likeness (QED) is 0.682. The number of hydrogen-bond donors (Lipinski definition) is 2. The van der Waals surface area contributed by atoms with E-state index in [2.05, 4.69) is 26.2 Å². The van der Waals surface area contributed by atoms with Crippen LogP contribution in [0.2, 0.25) is 0 Å². The Morgan fingerprint density at radius 1 is 1.33 bits per heavy atom. The Morgan fingerprint density at radius 3 is 2.79 bits per heavy atom. The van der Waals surface area contributed by atoms with Gasteiger partial charge in [0, 0.05) is 30.5 Å². The number of aliphatic hydroxyl groups is 1. The second kappa shape index (κ2) is 9.61. The molecule has 0 bridgehead atoms. The number of aromatic nitrogens is 1. The first kappa shape index (κ1) is 18.7. The third-order valence-electron chi connectivity index (χ3n) is 3.70. The highest BCUT2D eigenvalue weighted by Crippen LogP contribution is 2.37. The van der Waals surface area contributed by atoms with Crippen LogP contribution in [-0.2, 0) is 13.2 Å². The normalized spacial score (nSPS) is 12.0. The van der Waals surface area contributed by atoms with E-state index in [-0.39, 0.29) is 12.6 Å². The topological polar surface area (TPSA) is 63.6 Å². The predicted molar refractivity (Wildman–Crippen MR) is 97.3 cm³/mol. The molecule has 0 radical (unpaired) electrons. The SMILES string of the molecule is CC[C@@H](CO)NCc1cc(Br)c(OCc2cccnc2)c(OC)c1. The van der Waals surface area contributed by atoms with Gasteiger partial charge in [-0.3, -0.25) is 4.98 Å². The third kappa shape index (κ3) is 5.19. The van der Waals surface area contributed by atoms with Gasteiger partial charge in [-0.15, -0.1) is 0 Å². The smallest absolute Gasteiger partial charge is 0.175 e. The van der Waals surface area contributed by atoms with E-state index in [1.807, 2.05) is 31.2 Å². The maximum atomic E-state index is 9.26. The van der Waals surface area contributed by atoms with Gasteiger partial charge in [0.2, 0.25) is 0 Å². The van der Waals surface area contributed by atoms with Gasteiger partial charge < -0.3 is 19.9 Å². The van der Waals surface area contributed by atoms with E-state index in [9.17, 15) is 5.11 Å². The first-order chi connectivity index (χ1) is 11.7. The highest BCUT2D eigenvalue weighted by Gasteiger charge is 2.13. The van der Waals surface area contributed by atoms with Gasteiger partial charge in [-0.1, -0.05) is 13.0 Å². The fourth-order valence-electron chi connectivity index (χ4n) is 2.25. The fourth-order valence-corrected chi connectivity index (χ4v) is 2.86. The first-order valence-electron chi connectivity index (χ1n) is 7.90. The molecule has 2 rings (SSSR count). The molecule has 24 heavy (non-hydrogen) atoms. The van der Waals surface area contributed by atoms with Gasteiger partial charge >= 0.3 is 0 Å². The largest absolute Gasteiger partial charge is 0.493 e. The van der Waals surface area contributed by atoms with E-state index < -0.39 is 0 Å². The number of nitrogens with zero attached hydrogens (tertiary/aromatic N) is 1. The number of rotatable bonds is 9. The fraction of sp³-hybridized carbons (Fsp3) is 0.389. The minimum absolute atomic E-state index is 0.0938. The summed E-state index contributed by atoms with van der Waals surface area (Å²) >= 11 is 3.56. The zero-order valence-electron chi connectivity index (χ0n) is 14.0. The van der Waals surface area contributed by atoms with E-state index >= 15 is 0 Å². The molecule has 0 unspecified atom stereocenters. The Morgan fingerprint density at radius 2 is 2.17 bits per heavy atom. The standard InChI is InChI=1S/C18H23BrN2O3/c1-3-15(11-22)21-10-14-7-16(19)18(17(8-14)23-2)24-12-13-5-4-6-20-9-13/h4-9,15,21-22H,3,10-12H2,1-2H3/t15-/m0/s1. The minimum Gasteiger partial charge on any atom is -0.493 e. The molecular weight excluding hydrogens is 372 g/mol. The van der Waals surface area contributed by atoms with Crippen molar-refractivity contribution in [3.05, 3.63) is 52.3 Å². The molecule has 1 heterocycles. The molecule has 1 aromatic carbocycles. The van der Waals surface area contributed by atoms with Crippen molar-refractivity contribution in [2.75, 3.05) is 13.7 Å². The number of methoxy groups -OCH3 is 1. The Kier molecular flexibility index (Phi) is 7.49. The van der Waals surface area contributed by atoms with Crippen molar-refractivity contribution in [2.24, 2.45) is 0 Å². The summed E-state index contributed by atoms with van der Waals surface area (Å²) in [5, 5.41) is 12.6. The van der Waals surface area contributed by atoms with E-state index in [4.69, 9.17) is 9.47 Å². The highest BCUT2D eigenvalue weighted by molar-refractivity contribution is 9.10. The van der Waals surface area contributed by atoms with Gasteiger partial charge in [-0.2, -0.15) is 0 Å². The van der Waals surface area contributed by atoms with Gasteiger partial charge in [-0.05, 0) is 46.1 Å². The van der Waals surface area contributed by atoms with Crippen molar-refractivity contribution in [1.82, 2.24) is 10.3 Å². The molecule has 1 aromatic heterocycles. The second-order valence-corrected chi connectivity index (χ2v) is 6.28. The van der Waals surface area contributed by atoms with Crippen LogP contribution in [0.4, 0.5) is 0 Å². The molecule has 6 heteroatoms. The van der Waals surface area contributed by atoms with Gasteiger partial charge in [0.25, 0.3) is 0 Å². The monoisotopic (exact) mass is 394 g/mol. The molecule has 0 amide bonds. The molecular formula is C18H23BrN2O3. The molecule has 0 aliphatic rings. The van der Waals surface area contributed by atoms with Gasteiger partial charge in [0.1, 0.15) is 6.61 Å².